The van der Waals surface area contributed by atoms with E-state index in [1.807, 2.05) is 90.5 Å². The Morgan fingerprint density at radius 3 is 2.56 bits per heavy atom. The molecule has 5 aromatic rings. The van der Waals surface area contributed by atoms with E-state index in [9.17, 15) is 4.79 Å². The average Bonchev–Trinajstić information content (AvgIpc) is 3.44. The minimum atomic E-state index is -0.0828. The Morgan fingerprint density at radius 1 is 0.969 bits per heavy atom. The van der Waals surface area contributed by atoms with Crippen LogP contribution in [0, 0.1) is 6.92 Å². The minimum absolute atomic E-state index is 0.0828. The molecule has 32 heavy (non-hydrogen) atoms. The highest BCUT2D eigenvalue weighted by Crippen LogP contribution is 2.32. The molecular formula is C25H21N5OS. The fourth-order valence-electron chi connectivity index (χ4n) is 3.63. The van der Waals surface area contributed by atoms with Crippen molar-refractivity contribution in [1.82, 2.24) is 19.7 Å². The summed E-state index contributed by atoms with van der Waals surface area (Å²) in [7, 11) is 0. The zero-order chi connectivity index (χ0) is 21.9. The third-order valence-electron chi connectivity index (χ3n) is 5.23. The summed E-state index contributed by atoms with van der Waals surface area (Å²) in [5.74, 6) is 0.878. The topological polar surface area (TPSA) is 75.6 Å². The lowest BCUT2D eigenvalue weighted by Crippen LogP contribution is -2.15. The number of carbonyl (C=O) groups is 1. The summed E-state index contributed by atoms with van der Waals surface area (Å²) in [6.07, 6.45) is 1.95. The lowest BCUT2D eigenvalue weighted by Gasteiger charge is -2.10. The standard InChI is InChI=1S/C25H21N5OS/c1-17-9-5-7-13-21(17)27-23(31)16-32-25-29-28-24(30(25)18-10-3-2-4-11-18)20-15-26-22-14-8-6-12-19(20)22/h2-15,26H,16H2,1H3,(H,27,31). The number of anilines is 1. The Morgan fingerprint density at radius 2 is 1.72 bits per heavy atom. The van der Waals surface area contributed by atoms with Crippen LogP contribution in [0.2, 0.25) is 0 Å². The molecule has 6 nitrogen and oxygen atoms in total. The van der Waals surface area contributed by atoms with Crippen molar-refractivity contribution >= 4 is 34.3 Å². The van der Waals surface area contributed by atoms with Crippen LogP contribution in [0.3, 0.4) is 0 Å². The van der Waals surface area contributed by atoms with Gasteiger partial charge in [-0.15, -0.1) is 10.2 Å². The molecule has 0 aliphatic carbocycles. The normalized spacial score (nSPS) is 11.0. The zero-order valence-corrected chi connectivity index (χ0v) is 18.3. The molecule has 158 valence electrons. The van der Waals surface area contributed by atoms with Gasteiger partial charge in [-0.05, 0) is 36.8 Å². The van der Waals surface area contributed by atoms with Crippen LogP contribution in [0.1, 0.15) is 5.56 Å². The van der Waals surface area contributed by atoms with Crippen molar-refractivity contribution in [2.75, 3.05) is 11.1 Å². The maximum absolute atomic E-state index is 12.6. The second-order valence-corrected chi connectivity index (χ2v) is 8.32. The van der Waals surface area contributed by atoms with Gasteiger partial charge in [-0.2, -0.15) is 0 Å². The molecule has 0 saturated carbocycles. The number of thioether (sulfide) groups is 1. The summed E-state index contributed by atoms with van der Waals surface area (Å²) < 4.78 is 2.00. The Hall–Kier alpha value is -3.84. The maximum atomic E-state index is 12.6. The van der Waals surface area contributed by atoms with Gasteiger partial charge in [0, 0.05) is 34.0 Å². The van der Waals surface area contributed by atoms with Crippen molar-refractivity contribution in [2.24, 2.45) is 0 Å². The molecule has 0 bridgehead atoms. The maximum Gasteiger partial charge on any atom is 0.234 e. The molecule has 2 aromatic heterocycles. The highest BCUT2D eigenvalue weighted by Gasteiger charge is 2.19. The predicted octanol–water partition coefficient (Wildman–Crippen LogP) is 5.45. The van der Waals surface area contributed by atoms with Crippen LogP contribution >= 0.6 is 11.8 Å². The number of hydrogen-bond acceptors (Lipinski definition) is 4. The molecule has 1 amide bonds. The van der Waals surface area contributed by atoms with Crippen molar-refractivity contribution in [2.45, 2.75) is 12.1 Å². The first-order valence-corrected chi connectivity index (χ1v) is 11.2. The number of carbonyl (C=O) groups excluding carboxylic acids is 1. The highest BCUT2D eigenvalue weighted by atomic mass is 32.2. The SMILES string of the molecule is Cc1ccccc1NC(=O)CSc1nnc(-c2c[nH]c3ccccc23)n1-c1ccccc1. The van der Waals surface area contributed by atoms with E-state index in [-0.39, 0.29) is 11.7 Å². The number of benzene rings is 3. The molecule has 0 aliphatic heterocycles. The van der Waals surface area contributed by atoms with E-state index in [0.717, 1.165) is 39.2 Å². The second-order valence-electron chi connectivity index (χ2n) is 7.38. The lowest BCUT2D eigenvalue weighted by molar-refractivity contribution is -0.113. The number of hydrogen-bond donors (Lipinski definition) is 2. The van der Waals surface area contributed by atoms with Gasteiger partial charge in [0.25, 0.3) is 0 Å². The Labute approximate surface area is 189 Å². The largest absolute Gasteiger partial charge is 0.360 e. The van der Waals surface area contributed by atoms with Gasteiger partial charge in [-0.25, -0.2) is 0 Å². The lowest BCUT2D eigenvalue weighted by atomic mass is 10.1. The number of amides is 1. The zero-order valence-electron chi connectivity index (χ0n) is 17.4. The van der Waals surface area contributed by atoms with Gasteiger partial charge >= 0.3 is 0 Å². The van der Waals surface area contributed by atoms with Crippen molar-refractivity contribution < 1.29 is 4.79 Å². The molecule has 5 rings (SSSR count). The molecule has 0 atom stereocenters. The number of nitrogens with one attached hydrogen (secondary N) is 2. The number of nitrogens with zero attached hydrogens (tertiary/aromatic N) is 3. The number of aromatic nitrogens is 4. The van der Waals surface area contributed by atoms with Gasteiger partial charge in [0.05, 0.1) is 5.75 Å². The molecular weight excluding hydrogens is 418 g/mol. The average molecular weight is 440 g/mol. The summed E-state index contributed by atoms with van der Waals surface area (Å²) in [6.45, 7) is 1.97. The highest BCUT2D eigenvalue weighted by molar-refractivity contribution is 7.99. The third kappa shape index (κ3) is 3.90. The number of fused-ring (bicyclic) bond motifs is 1. The molecule has 0 spiro atoms. The second kappa shape index (κ2) is 8.72. The van der Waals surface area contributed by atoms with Gasteiger partial charge in [0.2, 0.25) is 5.91 Å². The molecule has 7 heteroatoms. The number of para-hydroxylation sites is 3. The fraction of sp³-hybridized carbons (Fsp3) is 0.0800. The van der Waals surface area contributed by atoms with E-state index in [2.05, 4.69) is 26.6 Å². The number of aromatic amines is 1. The van der Waals surface area contributed by atoms with Gasteiger partial charge in [0.1, 0.15) is 0 Å². The fourth-order valence-corrected chi connectivity index (χ4v) is 4.39. The van der Waals surface area contributed by atoms with Crippen LogP contribution in [0.5, 0.6) is 0 Å². The van der Waals surface area contributed by atoms with Gasteiger partial charge in [-0.1, -0.05) is 66.4 Å². The van der Waals surface area contributed by atoms with Crippen LogP contribution in [-0.2, 0) is 4.79 Å². The monoisotopic (exact) mass is 439 g/mol. The predicted molar refractivity (Wildman–Crippen MR) is 129 cm³/mol. The Kier molecular flexibility index (Phi) is 5.47. The third-order valence-corrected chi connectivity index (χ3v) is 6.16. The molecule has 0 aliphatic rings. The minimum Gasteiger partial charge on any atom is -0.360 e. The van der Waals surface area contributed by atoms with Crippen LogP contribution in [-0.4, -0.2) is 31.4 Å². The molecule has 0 saturated heterocycles. The molecule has 3 aromatic carbocycles. The van der Waals surface area contributed by atoms with Crippen LogP contribution in [0.15, 0.2) is 90.2 Å². The Bertz CT molecular complexity index is 1390. The van der Waals surface area contributed by atoms with Crippen molar-refractivity contribution in [3.05, 3.63) is 90.6 Å². The molecule has 2 heterocycles. The molecule has 0 radical (unpaired) electrons. The smallest absolute Gasteiger partial charge is 0.234 e. The number of H-pyrrole nitrogens is 1. The molecule has 2 N–H and O–H groups in total. The van der Waals surface area contributed by atoms with Crippen molar-refractivity contribution in [3.8, 4) is 17.1 Å². The van der Waals surface area contributed by atoms with E-state index in [1.54, 1.807) is 0 Å². The first-order valence-electron chi connectivity index (χ1n) is 10.3. The summed E-state index contributed by atoms with van der Waals surface area (Å²) in [4.78, 5) is 15.9. The Balaban J connectivity index is 1.47. The van der Waals surface area contributed by atoms with Crippen molar-refractivity contribution in [1.29, 1.82) is 0 Å². The first-order chi connectivity index (χ1) is 15.7. The summed E-state index contributed by atoms with van der Waals surface area (Å²) in [5.41, 5.74) is 4.80. The van der Waals surface area contributed by atoms with E-state index >= 15 is 0 Å². The quantitative estimate of drug-likeness (QED) is 0.345. The molecule has 0 unspecified atom stereocenters. The van der Waals surface area contributed by atoms with Crippen molar-refractivity contribution in [3.63, 3.8) is 0 Å². The van der Waals surface area contributed by atoms with E-state index < -0.39 is 0 Å². The van der Waals surface area contributed by atoms with Crippen LogP contribution < -0.4 is 5.32 Å². The van der Waals surface area contributed by atoms with Gasteiger partial charge in [-0.3, -0.25) is 9.36 Å². The summed E-state index contributed by atoms with van der Waals surface area (Å²) >= 11 is 1.37. The summed E-state index contributed by atoms with van der Waals surface area (Å²) in [6, 6.07) is 25.8. The number of rotatable bonds is 6. The van der Waals surface area contributed by atoms with E-state index in [0.29, 0.717) is 5.16 Å². The van der Waals surface area contributed by atoms with Crippen LogP contribution in [0.4, 0.5) is 5.69 Å². The first kappa shape index (κ1) is 20.1. The summed E-state index contributed by atoms with van der Waals surface area (Å²) in [5, 5.41) is 13.6. The van der Waals surface area contributed by atoms with Gasteiger partial charge in [0.15, 0.2) is 11.0 Å². The number of aryl methyl sites for hydroxylation is 1. The van der Waals surface area contributed by atoms with E-state index in [4.69, 9.17) is 0 Å². The van der Waals surface area contributed by atoms with E-state index in [1.165, 1.54) is 11.8 Å². The van der Waals surface area contributed by atoms with Gasteiger partial charge < -0.3 is 10.3 Å². The van der Waals surface area contributed by atoms with Crippen LogP contribution in [0.25, 0.3) is 28.0 Å². The molecule has 0 fully saturated rings.